The van der Waals surface area contributed by atoms with Crippen molar-refractivity contribution in [3.05, 3.63) is 23.3 Å². The van der Waals surface area contributed by atoms with Crippen LogP contribution in [0.3, 0.4) is 0 Å². The summed E-state index contributed by atoms with van der Waals surface area (Å²) in [6.07, 6.45) is 16.1. The molecule has 0 aromatic rings. The maximum Gasteiger partial charge on any atom is -0.0200 e. The van der Waals surface area contributed by atoms with Crippen LogP contribution in [-0.4, -0.2) is 0 Å². The molecule has 0 heteroatoms. The Balaban J connectivity index is 1.97. The number of hydrogen-bond acceptors (Lipinski definition) is 0. The molecule has 0 nitrogen and oxygen atoms in total. The average molecular weight is 289 g/mol. The second kappa shape index (κ2) is 5.94. The Bertz CT molecular complexity index is 422. The molecule has 0 aliphatic heterocycles. The lowest BCUT2D eigenvalue weighted by atomic mass is 9.76. The summed E-state index contributed by atoms with van der Waals surface area (Å²) in [5.74, 6) is 0. The van der Waals surface area contributed by atoms with Gasteiger partial charge in [0.25, 0.3) is 0 Å². The molecule has 21 heavy (non-hydrogen) atoms. The minimum absolute atomic E-state index is 0.345. The minimum atomic E-state index is 0.345. The monoisotopic (exact) mass is 288 g/mol. The van der Waals surface area contributed by atoms with E-state index in [0.29, 0.717) is 16.2 Å². The van der Waals surface area contributed by atoms with Crippen molar-refractivity contribution in [1.82, 2.24) is 0 Å². The zero-order chi connectivity index (χ0) is 15.7. The van der Waals surface area contributed by atoms with E-state index >= 15 is 0 Å². The molecule has 0 aromatic carbocycles. The molecule has 1 atom stereocenters. The summed E-state index contributed by atoms with van der Waals surface area (Å²) in [5, 5.41) is 0. The molecule has 2 aliphatic rings. The van der Waals surface area contributed by atoms with Gasteiger partial charge in [0.05, 0.1) is 0 Å². The first-order valence-electron chi connectivity index (χ1n) is 8.96. The van der Waals surface area contributed by atoms with E-state index in [4.69, 9.17) is 0 Å². The Morgan fingerprint density at radius 3 is 2.38 bits per heavy atom. The zero-order valence-electron chi connectivity index (χ0n) is 15.3. The molecule has 1 unspecified atom stereocenters. The quantitative estimate of drug-likeness (QED) is 0.453. The molecule has 0 aromatic heterocycles. The molecule has 1 spiro atoms. The van der Waals surface area contributed by atoms with E-state index in [1.54, 1.807) is 11.1 Å². The van der Waals surface area contributed by atoms with Gasteiger partial charge in [0, 0.05) is 0 Å². The third kappa shape index (κ3) is 5.31. The van der Waals surface area contributed by atoms with Gasteiger partial charge in [-0.05, 0) is 67.6 Å². The molecule has 0 amide bonds. The number of allylic oxidation sites excluding steroid dienone is 4. The molecule has 0 N–H and O–H groups in total. The second-order valence-electron chi connectivity index (χ2n) is 10.0. The van der Waals surface area contributed by atoms with E-state index < -0.39 is 0 Å². The van der Waals surface area contributed by atoms with Crippen LogP contribution in [0, 0.1) is 16.2 Å². The van der Waals surface area contributed by atoms with Gasteiger partial charge in [-0.1, -0.05) is 64.8 Å². The molecule has 0 radical (unpaired) electrons. The fraction of sp³-hybridized carbons (Fsp3) is 0.810. The van der Waals surface area contributed by atoms with Gasteiger partial charge in [0.15, 0.2) is 0 Å². The average Bonchev–Trinajstić information content (AvgIpc) is 2.54. The summed E-state index contributed by atoms with van der Waals surface area (Å²) < 4.78 is 0. The summed E-state index contributed by atoms with van der Waals surface area (Å²) in [5.41, 5.74) is 4.88. The standard InChI is InChI=1S/C21H36/c1-19(2,3)14-17-8-7-11-21(12-9-17)13-10-18(16-21)15-20(4,5)6/h10,14H,7-9,11-13,15-16H2,1-6H3. The third-order valence-corrected chi connectivity index (χ3v) is 5.00. The van der Waals surface area contributed by atoms with E-state index in [2.05, 4.69) is 53.7 Å². The van der Waals surface area contributed by atoms with Crippen LogP contribution >= 0.6 is 0 Å². The van der Waals surface area contributed by atoms with Gasteiger partial charge < -0.3 is 0 Å². The minimum Gasteiger partial charge on any atom is -0.0847 e. The van der Waals surface area contributed by atoms with Crippen molar-refractivity contribution in [2.75, 3.05) is 0 Å². The van der Waals surface area contributed by atoms with Crippen molar-refractivity contribution in [1.29, 1.82) is 0 Å². The van der Waals surface area contributed by atoms with Crippen molar-refractivity contribution in [2.45, 2.75) is 92.9 Å². The van der Waals surface area contributed by atoms with E-state index in [0.717, 1.165) is 0 Å². The van der Waals surface area contributed by atoms with Crippen LogP contribution in [0.4, 0.5) is 0 Å². The predicted molar refractivity (Wildman–Crippen MR) is 94.4 cm³/mol. The normalized spacial score (nSPS) is 29.8. The fourth-order valence-electron chi connectivity index (χ4n) is 4.31. The Morgan fingerprint density at radius 2 is 1.76 bits per heavy atom. The summed E-state index contributed by atoms with van der Waals surface area (Å²) in [7, 11) is 0. The van der Waals surface area contributed by atoms with Crippen LogP contribution in [0.2, 0.25) is 0 Å². The highest BCUT2D eigenvalue weighted by Gasteiger charge is 2.36. The van der Waals surface area contributed by atoms with Crippen LogP contribution < -0.4 is 0 Å². The van der Waals surface area contributed by atoms with Gasteiger partial charge in [-0.2, -0.15) is 0 Å². The van der Waals surface area contributed by atoms with Gasteiger partial charge >= 0.3 is 0 Å². The van der Waals surface area contributed by atoms with Crippen molar-refractivity contribution in [3.63, 3.8) is 0 Å². The van der Waals surface area contributed by atoms with Crippen molar-refractivity contribution < 1.29 is 0 Å². The largest absolute Gasteiger partial charge is 0.0847 e. The van der Waals surface area contributed by atoms with Crippen LogP contribution in [-0.2, 0) is 0 Å². The summed E-state index contributed by atoms with van der Waals surface area (Å²) in [6.45, 7) is 14.1. The van der Waals surface area contributed by atoms with Crippen LogP contribution in [0.15, 0.2) is 23.3 Å². The molecule has 1 saturated carbocycles. The van der Waals surface area contributed by atoms with Crippen LogP contribution in [0.1, 0.15) is 92.9 Å². The highest BCUT2D eigenvalue weighted by Crippen LogP contribution is 2.50. The first kappa shape index (κ1) is 16.8. The Kier molecular flexibility index (Phi) is 4.76. The smallest absolute Gasteiger partial charge is 0.0200 e. The van der Waals surface area contributed by atoms with Gasteiger partial charge in [-0.3, -0.25) is 0 Å². The van der Waals surface area contributed by atoms with E-state index in [-0.39, 0.29) is 0 Å². The van der Waals surface area contributed by atoms with Crippen LogP contribution in [0.5, 0.6) is 0 Å². The maximum absolute atomic E-state index is 2.59. The summed E-state index contributed by atoms with van der Waals surface area (Å²) in [4.78, 5) is 0. The van der Waals surface area contributed by atoms with Gasteiger partial charge in [0.1, 0.15) is 0 Å². The molecular weight excluding hydrogens is 252 g/mol. The maximum atomic E-state index is 2.59. The first-order chi connectivity index (χ1) is 9.57. The van der Waals surface area contributed by atoms with Crippen molar-refractivity contribution >= 4 is 0 Å². The zero-order valence-corrected chi connectivity index (χ0v) is 15.3. The topological polar surface area (TPSA) is 0 Å². The molecule has 1 fully saturated rings. The van der Waals surface area contributed by atoms with Gasteiger partial charge in [-0.15, -0.1) is 0 Å². The third-order valence-electron chi connectivity index (χ3n) is 5.00. The number of hydrogen-bond donors (Lipinski definition) is 0. The summed E-state index contributed by atoms with van der Waals surface area (Å²) in [6, 6.07) is 0. The fourth-order valence-corrected chi connectivity index (χ4v) is 4.31. The van der Waals surface area contributed by atoms with E-state index in [1.165, 1.54) is 51.4 Å². The molecule has 120 valence electrons. The second-order valence-corrected chi connectivity index (χ2v) is 10.0. The SMILES string of the molecule is CC(C)(C)C=C1CCCC2(CC=C(CC(C)(C)C)C2)CC1. The van der Waals surface area contributed by atoms with E-state index in [9.17, 15) is 0 Å². The highest BCUT2D eigenvalue weighted by atomic mass is 14.4. The van der Waals surface area contributed by atoms with Crippen molar-refractivity contribution in [2.24, 2.45) is 16.2 Å². The number of rotatable bonds is 1. The van der Waals surface area contributed by atoms with E-state index in [1.807, 2.05) is 0 Å². The highest BCUT2D eigenvalue weighted by molar-refractivity contribution is 5.19. The molecule has 2 rings (SSSR count). The lowest BCUT2D eigenvalue weighted by Crippen LogP contribution is -2.17. The molecule has 0 heterocycles. The van der Waals surface area contributed by atoms with Gasteiger partial charge in [0.2, 0.25) is 0 Å². The van der Waals surface area contributed by atoms with Crippen molar-refractivity contribution in [3.8, 4) is 0 Å². The molecule has 0 saturated heterocycles. The Labute approximate surface area is 133 Å². The lowest BCUT2D eigenvalue weighted by molar-refractivity contribution is 0.257. The molecule has 2 aliphatic carbocycles. The summed E-state index contributed by atoms with van der Waals surface area (Å²) >= 11 is 0. The lowest BCUT2D eigenvalue weighted by Gasteiger charge is -2.29. The predicted octanol–water partition coefficient (Wildman–Crippen LogP) is 7.07. The Morgan fingerprint density at radius 1 is 1.05 bits per heavy atom. The first-order valence-corrected chi connectivity index (χ1v) is 8.96. The molecular formula is C21H36. The molecule has 0 bridgehead atoms. The van der Waals surface area contributed by atoms with Gasteiger partial charge in [-0.25, -0.2) is 0 Å². The Hall–Kier alpha value is -0.520. The van der Waals surface area contributed by atoms with Crippen LogP contribution in [0.25, 0.3) is 0 Å².